The molecule has 7 nitrogen and oxygen atoms in total. The van der Waals surface area contributed by atoms with Gasteiger partial charge in [-0.3, -0.25) is 4.79 Å². The Hall–Kier alpha value is -1.63. The molecule has 3 unspecified atom stereocenters. The first kappa shape index (κ1) is 15.4. The Morgan fingerprint density at radius 2 is 2.11 bits per heavy atom. The number of piperidine rings is 1. The molecule has 1 aliphatic heterocycles. The van der Waals surface area contributed by atoms with E-state index in [9.17, 15) is 14.4 Å². The van der Waals surface area contributed by atoms with Gasteiger partial charge in [0.15, 0.2) is 6.04 Å². The summed E-state index contributed by atoms with van der Waals surface area (Å²) in [6, 6.07) is -2.37. The monoisotopic (exact) mass is 272 g/mol. The molecule has 0 bridgehead atoms. The number of hydrogen-bond donors (Lipinski definition) is 2. The van der Waals surface area contributed by atoms with Crippen LogP contribution in [0.2, 0.25) is 0 Å². The van der Waals surface area contributed by atoms with Crippen LogP contribution in [0.4, 0.5) is 0 Å². The Balaban J connectivity index is 2.78. The Labute approximate surface area is 111 Å². The number of carbonyl (C=O) groups is 3. The first-order valence-electron chi connectivity index (χ1n) is 6.34. The second kappa shape index (κ2) is 6.51. The van der Waals surface area contributed by atoms with Crippen LogP contribution in [0.25, 0.3) is 0 Å². The molecule has 19 heavy (non-hydrogen) atoms. The van der Waals surface area contributed by atoms with Crippen LogP contribution in [0.3, 0.4) is 0 Å². The van der Waals surface area contributed by atoms with E-state index in [0.29, 0.717) is 19.4 Å². The second-order valence-electron chi connectivity index (χ2n) is 4.74. The summed E-state index contributed by atoms with van der Waals surface area (Å²) in [6.45, 7) is 3.96. The maximum atomic E-state index is 12.1. The average molecular weight is 272 g/mol. The fraction of sp³-hybridized carbons (Fsp3) is 0.750. The van der Waals surface area contributed by atoms with Gasteiger partial charge < -0.3 is 20.5 Å². The van der Waals surface area contributed by atoms with Gasteiger partial charge in [-0.2, -0.15) is 0 Å². The molecule has 1 rings (SSSR count). The third-order valence-electron chi connectivity index (χ3n) is 3.24. The lowest BCUT2D eigenvalue weighted by atomic mass is 9.92. The van der Waals surface area contributed by atoms with Gasteiger partial charge in [0.05, 0.1) is 6.61 Å². The van der Waals surface area contributed by atoms with Crippen molar-refractivity contribution in [2.24, 2.45) is 11.7 Å². The molecule has 1 heterocycles. The molecular weight excluding hydrogens is 252 g/mol. The van der Waals surface area contributed by atoms with Crippen molar-refractivity contribution in [2.75, 3.05) is 13.2 Å². The van der Waals surface area contributed by atoms with Crippen LogP contribution in [0.15, 0.2) is 0 Å². The van der Waals surface area contributed by atoms with Crippen LogP contribution < -0.4 is 5.73 Å². The first-order valence-corrected chi connectivity index (χ1v) is 6.34. The SMILES string of the molecule is CCOC(=O)C(N)C(=O)N1CCC(C)CC1C(=O)O. The van der Waals surface area contributed by atoms with Crippen molar-refractivity contribution in [3.63, 3.8) is 0 Å². The number of nitrogens with zero attached hydrogens (tertiary/aromatic N) is 1. The highest BCUT2D eigenvalue weighted by atomic mass is 16.5. The van der Waals surface area contributed by atoms with Crippen molar-refractivity contribution in [1.82, 2.24) is 4.90 Å². The molecule has 108 valence electrons. The molecule has 0 aromatic rings. The van der Waals surface area contributed by atoms with Gasteiger partial charge in [-0.15, -0.1) is 0 Å². The molecule has 1 amide bonds. The zero-order valence-corrected chi connectivity index (χ0v) is 11.2. The van der Waals surface area contributed by atoms with Gasteiger partial charge in [0.25, 0.3) is 5.91 Å². The van der Waals surface area contributed by atoms with E-state index in [1.165, 1.54) is 4.90 Å². The number of carboxylic acids is 1. The number of likely N-dealkylation sites (tertiary alicyclic amines) is 1. The number of hydrogen-bond acceptors (Lipinski definition) is 5. The summed E-state index contributed by atoms with van der Waals surface area (Å²) in [5, 5.41) is 9.15. The largest absolute Gasteiger partial charge is 0.480 e. The van der Waals surface area contributed by atoms with Crippen molar-refractivity contribution in [3.8, 4) is 0 Å². The smallest absolute Gasteiger partial charge is 0.332 e. The van der Waals surface area contributed by atoms with E-state index in [-0.39, 0.29) is 12.5 Å². The summed E-state index contributed by atoms with van der Waals surface area (Å²) in [5.41, 5.74) is 5.52. The highest BCUT2D eigenvalue weighted by Crippen LogP contribution is 2.23. The number of ether oxygens (including phenoxy) is 1. The van der Waals surface area contributed by atoms with Crippen LogP contribution in [0.1, 0.15) is 26.7 Å². The van der Waals surface area contributed by atoms with E-state index in [1.54, 1.807) is 6.92 Å². The number of carbonyl (C=O) groups excluding carboxylic acids is 2. The van der Waals surface area contributed by atoms with Gasteiger partial charge in [0.2, 0.25) is 0 Å². The maximum Gasteiger partial charge on any atom is 0.332 e. The molecule has 0 aromatic heterocycles. The summed E-state index contributed by atoms with van der Waals surface area (Å²) in [6.07, 6.45) is 1.07. The minimum Gasteiger partial charge on any atom is -0.480 e. The predicted octanol–water partition coefficient (Wildman–Crippen LogP) is -0.411. The Kier molecular flexibility index (Phi) is 5.29. The first-order chi connectivity index (χ1) is 8.88. The highest BCUT2D eigenvalue weighted by Gasteiger charge is 2.38. The van der Waals surface area contributed by atoms with Crippen LogP contribution in [-0.2, 0) is 19.1 Å². The van der Waals surface area contributed by atoms with Crippen LogP contribution in [0.5, 0.6) is 0 Å². The summed E-state index contributed by atoms with van der Waals surface area (Å²) in [4.78, 5) is 35.9. The van der Waals surface area contributed by atoms with Gasteiger partial charge in [0, 0.05) is 6.54 Å². The Morgan fingerprint density at radius 1 is 1.47 bits per heavy atom. The predicted molar refractivity (Wildman–Crippen MR) is 66.1 cm³/mol. The number of aliphatic carboxylic acids is 1. The molecule has 0 radical (unpaired) electrons. The third kappa shape index (κ3) is 3.66. The molecule has 3 atom stereocenters. The number of nitrogens with two attached hydrogens (primary N) is 1. The summed E-state index contributed by atoms with van der Waals surface area (Å²) < 4.78 is 4.67. The second-order valence-corrected chi connectivity index (χ2v) is 4.74. The molecule has 0 saturated carbocycles. The number of carboxylic acid groups (broad SMARTS) is 1. The summed E-state index contributed by atoms with van der Waals surface area (Å²) in [7, 11) is 0. The fourth-order valence-corrected chi connectivity index (χ4v) is 2.15. The zero-order valence-electron chi connectivity index (χ0n) is 11.2. The molecule has 3 N–H and O–H groups in total. The Morgan fingerprint density at radius 3 is 2.63 bits per heavy atom. The molecule has 7 heteroatoms. The van der Waals surface area contributed by atoms with E-state index >= 15 is 0 Å². The van der Waals surface area contributed by atoms with Gasteiger partial charge in [-0.05, 0) is 25.7 Å². The number of amides is 1. The molecule has 1 saturated heterocycles. The van der Waals surface area contributed by atoms with E-state index in [0.717, 1.165) is 0 Å². The van der Waals surface area contributed by atoms with Crippen molar-refractivity contribution in [1.29, 1.82) is 0 Å². The van der Waals surface area contributed by atoms with E-state index in [2.05, 4.69) is 4.74 Å². The summed E-state index contributed by atoms with van der Waals surface area (Å²) >= 11 is 0. The lowest BCUT2D eigenvalue weighted by molar-refractivity contribution is -0.158. The van der Waals surface area contributed by atoms with Gasteiger partial charge >= 0.3 is 11.9 Å². The van der Waals surface area contributed by atoms with Crippen molar-refractivity contribution in [3.05, 3.63) is 0 Å². The molecular formula is C12H20N2O5. The van der Waals surface area contributed by atoms with Gasteiger partial charge in [-0.1, -0.05) is 6.92 Å². The summed E-state index contributed by atoms with van der Waals surface area (Å²) in [5.74, 6) is -2.35. The molecule has 0 aliphatic carbocycles. The molecule has 0 aromatic carbocycles. The third-order valence-corrected chi connectivity index (χ3v) is 3.24. The topological polar surface area (TPSA) is 110 Å². The lowest BCUT2D eigenvalue weighted by Gasteiger charge is -2.36. The standard InChI is InChI=1S/C12H20N2O5/c1-3-19-12(18)9(13)10(15)14-5-4-7(2)6-8(14)11(16)17/h7-9H,3-6,13H2,1-2H3,(H,16,17). The van der Waals surface area contributed by atoms with Crippen LogP contribution >= 0.6 is 0 Å². The van der Waals surface area contributed by atoms with Crippen molar-refractivity contribution in [2.45, 2.75) is 38.8 Å². The van der Waals surface area contributed by atoms with Crippen molar-refractivity contribution >= 4 is 17.8 Å². The van der Waals surface area contributed by atoms with Gasteiger partial charge in [0.1, 0.15) is 6.04 Å². The van der Waals surface area contributed by atoms with E-state index in [1.807, 2.05) is 6.92 Å². The molecule has 1 fully saturated rings. The Bertz CT molecular complexity index is 371. The van der Waals surface area contributed by atoms with Crippen LogP contribution in [0, 0.1) is 5.92 Å². The number of esters is 1. The number of rotatable bonds is 4. The zero-order chi connectivity index (χ0) is 14.6. The van der Waals surface area contributed by atoms with Gasteiger partial charge in [-0.25, -0.2) is 9.59 Å². The molecule has 1 aliphatic rings. The highest BCUT2D eigenvalue weighted by molar-refractivity contribution is 6.02. The maximum absolute atomic E-state index is 12.1. The quantitative estimate of drug-likeness (QED) is 0.531. The average Bonchev–Trinajstić information content (AvgIpc) is 2.37. The van der Waals surface area contributed by atoms with E-state index < -0.39 is 29.9 Å². The fourth-order valence-electron chi connectivity index (χ4n) is 2.15. The lowest BCUT2D eigenvalue weighted by Crippen LogP contribution is -2.56. The molecule has 0 spiro atoms. The van der Waals surface area contributed by atoms with Crippen LogP contribution in [-0.4, -0.2) is 53.1 Å². The minimum atomic E-state index is -1.45. The normalized spacial score (nSPS) is 24.7. The van der Waals surface area contributed by atoms with E-state index in [4.69, 9.17) is 10.8 Å². The minimum absolute atomic E-state index is 0.124. The van der Waals surface area contributed by atoms with Crippen molar-refractivity contribution < 1.29 is 24.2 Å².